The second kappa shape index (κ2) is 7.92. The molecule has 0 amide bonds. The third-order valence-corrected chi connectivity index (χ3v) is 5.37. The summed E-state index contributed by atoms with van der Waals surface area (Å²) >= 11 is 0. The summed E-state index contributed by atoms with van der Waals surface area (Å²) in [6.07, 6.45) is 7.60. The first kappa shape index (κ1) is 17.2. The summed E-state index contributed by atoms with van der Waals surface area (Å²) in [5.41, 5.74) is 0. The number of unbranched alkanes of at least 4 members (excludes halogenated alkanes) is 1. The average molecular weight is 325 g/mol. The molecule has 2 heterocycles. The van der Waals surface area contributed by atoms with Crippen LogP contribution in [0.3, 0.4) is 0 Å². The number of nitrogens with zero attached hydrogens (tertiary/aromatic N) is 2. The second-order valence-corrected chi connectivity index (χ2v) is 8.26. The summed E-state index contributed by atoms with van der Waals surface area (Å²) in [5.74, 6) is 1.34. The van der Waals surface area contributed by atoms with Gasteiger partial charge in [0.1, 0.15) is 10.7 Å². The van der Waals surface area contributed by atoms with E-state index < -0.39 is 9.84 Å². The van der Waals surface area contributed by atoms with Crippen LogP contribution in [0.5, 0.6) is 0 Å². The lowest BCUT2D eigenvalue weighted by atomic mass is 9.99. The number of hydrogen-bond donors (Lipinski definition) is 1. The fourth-order valence-electron chi connectivity index (χ4n) is 2.78. The Bertz CT molecular complexity index is 567. The van der Waals surface area contributed by atoms with E-state index >= 15 is 0 Å². The molecule has 1 aliphatic rings. The van der Waals surface area contributed by atoms with Crippen molar-refractivity contribution in [2.24, 2.45) is 5.92 Å². The molecule has 22 heavy (non-hydrogen) atoms. The van der Waals surface area contributed by atoms with Crippen molar-refractivity contribution in [3.63, 3.8) is 0 Å². The Kier molecular flexibility index (Phi) is 6.20. The first-order chi connectivity index (χ1) is 10.5. The van der Waals surface area contributed by atoms with Crippen molar-refractivity contribution in [3.8, 4) is 0 Å². The molecule has 1 aromatic rings. The molecule has 6 heteroatoms. The van der Waals surface area contributed by atoms with Crippen LogP contribution in [0.4, 0.5) is 5.82 Å². The van der Waals surface area contributed by atoms with Crippen molar-refractivity contribution < 1.29 is 8.42 Å². The molecule has 0 unspecified atom stereocenters. The zero-order chi connectivity index (χ0) is 16.0. The van der Waals surface area contributed by atoms with Crippen molar-refractivity contribution in [3.05, 3.63) is 18.3 Å². The van der Waals surface area contributed by atoms with E-state index in [0.29, 0.717) is 5.82 Å². The predicted molar refractivity (Wildman–Crippen MR) is 89.9 cm³/mol. The number of hydrogen-bond acceptors (Lipinski definition) is 5. The maximum absolute atomic E-state index is 11.7. The molecule has 1 aromatic heterocycles. The van der Waals surface area contributed by atoms with E-state index in [0.717, 1.165) is 31.8 Å². The molecule has 0 saturated carbocycles. The van der Waals surface area contributed by atoms with Gasteiger partial charge in [-0.3, -0.25) is 0 Å². The zero-order valence-corrected chi connectivity index (χ0v) is 14.4. The van der Waals surface area contributed by atoms with Crippen LogP contribution in [-0.4, -0.2) is 50.7 Å². The lowest BCUT2D eigenvalue weighted by molar-refractivity contribution is 0.190. The summed E-state index contributed by atoms with van der Waals surface area (Å²) in [7, 11) is -3.23. The number of pyridine rings is 1. The van der Waals surface area contributed by atoms with E-state index in [1.807, 2.05) is 0 Å². The monoisotopic (exact) mass is 325 g/mol. The van der Waals surface area contributed by atoms with E-state index in [1.165, 1.54) is 32.2 Å². The molecule has 0 bridgehead atoms. The maximum atomic E-state index is 11.7. The number of likely N-dealkylation sites (tertiary alicyclic amines) is 1. The minimum absolute atomic E-state index is 0.278. The Morgan fingerprint density at radius 1 is 1.32 bits per heavy atom. The van der Waals surface area contributed by atoms with Crippen molar-refractivity contribution in [2.75, 3.05) is 37.8 Å². The minimum Gasteiger partial charge on any atom is -0.369 e. The van der Waals surface area contributed by atoms with E-state index in [1.54, 1.807) is 18.3 Å². The fraction of sp³-hybridized carbons (Fsp3) is 0.688. The van der Waals surface area contributed by atoms with Gasteiger partial charge in [0, 0.05) is 19.0 Å². The molecule has 1 fully saturated rings. The summed E-state index contributed by atoms with van der Waals surface area (Å²) < 4.78 is 23.4. The van der Waals surface area contributed by atoms with Crippen LogP contribution in [0.25, 0.3) is 0 Å². The number of nitrogens with one attached hydrogen (secondary N) is 1. The van der Waals surface area contributed by atoms with Crippen molar-refractivity contribution >= 4 is 15.7 Å². The number of aromatic nitrogens is 1. The van der Waals surface area contributed by atoms with Crippen molar-refractivity contribution in [2.45, 2.75) is 37.5 Å². The number of anilines is 1. The van der Waals surface area contributed by atoms with Gasteiger partial charge in [0.2, 0.25) is 0 Å². The van der Waals surface area contributed by atoms with Gasteiger partial charge in [-0.25, -0.2) is 13.4 Å². The maximum Gasteiger partial charge on any atom is 0.179 e. The predicted octanol–water partition coefficient (Wildman–Crippen LogP) is 2.41. The molecule has 0 aliphatic carbocycles. The average Bonchev–Trinajstić information content (AvgIpc) is 2.48. The summed E-state index contributed by atoms with van der Waals surface area (Å²) in [4.78, 5) is 6.95. The minimum atomic E-state index is -3.23. The topological polar surface area (TPSA) is 62.3 Å². The number of rotatable bonds is 7. The van der Waals surface area contributed by atoms with Gasteiger partial charge in [-0.05, 0) is 63.4 Å². The van der Waals surface area contributed by atoms with Gasteiger partial charge in [-0.15, -0.1) is 0 Å². The molecule has 1 saturated heterocycles. The molecule has 0 radical (unpaired) electrons. The van der Waals surface area contributed by atoms with E-state index in [2.05, 4.69) is 22.1 Å². The van der Waals surface area contributed by atoms with E-state index in [9.17, 15) is 8.42 Å². The van der Waals surface area contributed by atoms with Crippen LogP contribution < -0.4 is 5.32 Å². The van der Waals surface area contributed by atoms with Crippen LogP contribution in [-0.2, 0) is 9.84 Å². The lowest BCUT2D eigenvalue weighted by Gasteiger charge is -2.30. The standard InChI is InChI=1S/C16H27N3O2S/c1-14-7-12-19(13-8-14)11-4-3-9-17-16-15(22(2,20)21)6-5-10-18-16/h5-6,10,14H,3-4,7-9,11-13H2,1-2H3,(H,17,18). The Hall–Kier alpha value is -1.14. The molecule has 1 aliphatic heterocycles. The SMILES string of the molecule is CC1CCN(CCCCNc2ncccc2S(C)(=O)=O)CC1. The molecule has 5 nitrogen and oxygen atoms in total. The van der Waals surface area contributed by atoms with Gasteiger partial charge in [0.05, 0.1) is 0 Å². The molecule has 0 atom stereocenters. The van der Waals surface area contributed by atoms with Crippen LogP contribution >= 0.6 is 0 Å². The lowest BCUT2D eigenvalue weighted by Crippen LogP contribution is -2.33. The number of sulfone groups is 1. The fourth-order valence-corrected chi connectivity index (χ4v) is 3.58. The van der Waals surface area contributed by atoms with Crippen LogP contribution in [0.15, 0.2) is 23.2 Å². The Balaban J connectivity index is 1.71. The van der Waals surface area contributed by atoms with Crippen molar-refractivity contribution in [1.82, 2.24) is 9.88 Å². The molecule has 124 valence electrons. The van der Waals surface area contributed by atoms with Gasteiger partial charge < -0.3 is 10.2 Å². The van der Waals surface area contributed by atoms with Crippen LogP contribution in [0.2, 0.25) is 0 Å². The molecular weight excluding hydrogens is 298 g/mol. The second-order valence-electron chi connectivity index (χ2n) is 6.28. The first-order valence-electron chi connectivity index (χ1n) is 8.08. The quantitative estimate of drug-likeness (QED) is 0.780. The van der Waals surface area contributed by atoms with E-state index in [-0.39, 0.29) is 4.90 Å². The van der Waals surface area contributed by atoms with Gasteiger partial charge in [0.25, 0.3) is 0 Å². The molecule has 0 aromatic carbocycles. The third-order valence-electron chi connectivity index (χ3n) is 4.24. The smallest absolute Gasteiger partial charge is 0.179 e. The van der Waals surface area contributed by atoms with Gasteiger partial charge in [-0.1, -0.05) is 6.92 Å². The van der Waals surface area contributed by atoms with Crippen molar-refractivity contribution in [1.29, 1.82) is 0 Å². The Morgan fingerprint density at radius 3 is 2.73 bits per heavy atom. The summed E-state index contributed by atoms with van der Waals surface area (Å²) in [6, 6.07) is 3.25. The number of piperidine rings is 1. The molecule has 1 N–H and O–H groups in total. The normalized spacial score (nSPS) is 17.5. The Labute approximate surface area is 134 Å². The Morgan fingerprint density at radius 2 is 2.05 bits per heavy atom. The highest BCUT2D eigenvalue weighted by atomic mass is 32.2. The third kappa shape index (κ3) is 5.25. The highest BCUT2D eigenvalue weighted by molar-refractivity contribution is 7.90. The van der Waals surface area contributed by atoms with E-state index in [4.69, 9.17) is 0 Å². The summed E-state index contributed by atoms with van der Waals surface area (Å²) in [6.45, 7) is 6.65. The van der Waals surface area contributed by atoms with Gasteiger partial charge in [0.15, 0.2) is 9.84 Å². The molecular formula is C16H27N3O2S. The summed E-state index contributed by atoms with van der Waals surface area (Å²) in [5, 5.41) is 3.16. The molecule has 2 rings (SSSR count). The molecule has 0 spiro atoms. The highest BCUT2D eigenvalue weighted by Crippen LogP contribution is 2.18. The largest absolute Gasteiger partial charge is 0.369 e. The first-order valence-corrected chi connectivity index (χ1v) is 9.97. The van der Waals surface area contributed by atoms with Crippen LogP contribution in [0.1, 0.15) is 32.6 Å². The van der Waals surface area contributed by atoms with Gasteiger partial charge >= 0.3 is 0 Å². The highest BCUT2D eigenvalue weighted by Gasteiger charge is 2.15. The van der Waals surface area contributed by atoms with Gasteiger partial charge in [-0.2, -0.15) is 0 Å². The zero-order valence-electron chi connectivity index (χ0n) is 13.6. The van der Waals surface area contributed by atoms with Crippen LogP contribution in [0, 0.1) is 5.92 Å².